The Morgan fingerprint density at radius 1 is 1.50 bits per heavy atom. The third-order valence-corrected chi connectivity index (χ3v) is 2.59. The fourth-order valence-corrected chi connectivity index (χ4v) is 1.62. The molecule has 2 aromatic rings. The Bertz CT molecular complexity index is 438. The van der Waals surface area contributed by atoms with E-state index in [0.29, 0.717) is 0 Å². The van der Waals surface area contributed by atoms with Gasteiger partial charge in [0.2, 0.25) is 5.78 Å². The molecule has 0 aliphatic heterocycles. The Morgan fingerprint density at radius 2 is 2.29 bits per heavy atom. The van der Waals surface area contributed by atoms with Gasteiger partial charge in [-0.05, 0) is 33.2 Å². The highest BCUT2D eigenvalue weighted by atomic mass is 15.1. The lowest BCUT2D eigenvalue weighted by Gasteiger charge is -1.93. The number of aryl methyl sites for hydroxylation is 3. The first-order chi connectivity index (χ1) is 6.72. The molecule has 0 spiro atoms. The predicted molar refractivity (Wildman–Crippen MR) is 56.4 cm³/mol. The number of fused-ring (bicyclic) bond motifs is 1. The summed E-state index contributed by atoms with van der Waals surface area (Å²) in [4.78, 5) is 7.71. The first kappa shape index (κ1) is 9.27. The number of aromatic nitrogens is 3. The van der Waals surface area contributed by atoms with Gasteiger partial charge in [-0.1, -0.05) is 0 Å². The number of rotatable bonds is 3. The van der Waals surface area contributed by atoms with Crippen LogP contribution in [-0.4, -0.2) is 20.9 Å². The van der Waals surface area contributed by atoms with Crippen LogP contribution in [0.4, 0.5) is 0 Å². The molecule has 0 fully saturated rings. The van der Waals surface area contributed by atoms with E-state index < -0.39 is 0 Å². The fourth-order valence-electron chi connectivity index (χ4n) is 1.62. The number of imidazole rings is 2. The summed E-state index contributed by atoms with van der Waals surface area (Å²) in [5.41, 5.74) is 8.96. The second-order valence-electron chi connectivity index (χ2n) is 3.65. The van der Waals surface area contributed by atoms with Gasteiger partial charge in [0, 0.05) is 17.6 Å². The molecular weight excluding hydrogens is 176 g/mol. The second-order valence-corrected chi connectivity index (χ2v) is 3.65. The van der Waals surface area contributed by atoms with Crippen LogP contribution in [0.15, 0.2) is 6.20 Å². The zero-order valence-electron chi connectivity index (χ0n) is 8.67. The molecule has 2 aromatic heterocycles. The largest absolute Gasteiger partial charge is 0.330 e. The summed E-state index contributed by atoms with van der Waals surface area (Å²) in [5, 5.41) is 0. The van der Waals surface area contributed by atoms with Crippen LogP contribution in [0, 0.1) is 13.8 Å². The monoisotopic (exact) mass is 192 g/mol. The lowest BCUT2D eigenvalue weighted by Crippen LogP contribution is -2.00. The molecule has 0 saturated carbocycles. The minimum Gasteiger partial charge on any atom is -0.330 e. The minimum absolute atomic E-state index is 0.735. The van der Waals surface area contributed by atoms with E-state index in [1.807, 2.05) is 6.92 Å². The van der Waals surface area contributed by atoms with E-state index in [0.717, 1.165) is 30.9 Å². The molecule has 0 aliphatic rings. The van der Waals surface area contributed by atoms with Gasteiger partial charge in [-0.25, -0.2) is 4.98 Å². The van der Waals surface area contributed by atoms with Crippen molar-refractivity contribution in [2.24, 2.45) is 5.73 Å². The molecule has 76 valence electrons. The number of nitrogens with zero attached hydrogens (tertiary/aromatic N) is 2. The Kier molecular flexibility index (Phi) is 2.29. The minimum atomic E-state index is 0.735. The van der Waals surface area contributed by atoms with Crippen molar-refractivity contribution in [1.82, 2.24) is 14.4 Å². The van der Waals surface area contributed by atoms with Crippen molar-refractivity contribution in [3.05, 3.63) is 23.3 Å². The van der Waals surface area contributed by atoms with Crippen LogP contribution in [0.2, 0.25) is 0 Å². The Balaban J connectivity index is 2.34. The molecule has 2 rings (SSSR count). The standard InChI is InChI=1S/C10H16N4/c1-7-8(2)14-6-9(4-3-5-11)13-10(14)12-7/h6H,3-5,11H2,1-2H3,(H,12,13). The fraction of sp³-hybridized carbons (Fsp3) is 0.500. The Labute approximate surface area is 83.1 Å². The summed E-state index contributed by atoms with van der Waals surface area (Å²) in [6.07, 6.45) is 4.13. The molecule has 0 radical (unpaired) electrons. The molecule has 4 nitrogen and oxygen atoms in total. The van der Waals surface area contributed by atoms with Gasteiger partial charge in [-0.2, -0.15) is 0 Å². The van der Waals surface area contributed by atoms with E-state index in [-0.39, 0.29) is 0 Å². The van der Waals surface area contributed by atoms with E-state index in [2.05, 4.69) is 27.5 Å². The second kappa shape index (κ2) is 3.46. The first-order valence-electron chi connectivity index (χ1n) is 4.95. The van der Waals surface area contributed by atoms with Crippen LogP contribution in [0.3, 0.4) is 0 Å². The highest BCUT2D eigenvalue weighted by Gasteiger charge is 2.06. The summed E-state index contributed by atoms with van der Waals surface area (Å²) < 4.78 is 2.10. The van der Waals surface area contributed by atoms with Gasteiger partial charge < -0.3 is 10.7 Å². The Hall–Kier alpha value is -1.29. The molecule has 3 N–H and O–H groups in total. The van der Waals surface area contributed by atoms with Gasteiger partial charge in [0.15, 0.2) is 0 Å². The van der Waals surface area contributed by atoms with E-state index in [9.17, 15) is 0 Å². The number of hydrogen-bond acceptors (Lipinski definition) is 2. The van der Waals surface area contributed by atoms with Crippen molar-refractivity contribution in [3.63, 3.8) is 0 Å². The van der Waals surface area contributed by atoms with Crippen LogP contribution < -0.4 is 5.73 Å². The van der Waals surface area contributed by atoms with Crippen molar-refractivity contribution in [1.29, 1.82) is 0 Å². The normalized spacial score (nSPS) is 11.4. The highest BCUT2D eigenvalue weighted by Crippen LogP contribution is 2.12. The maximum Gasteiger partial charge on any atom is 0.211 e. The molecule has 0 bridgehead atoms. The van der Waals surface area contributed by atoms with Crippen LogP contribution in [0.25, 0.3) is 5.78 Å². The SMILES string of the molecule is Cc1nc2[nH]c(CCCN)cn2c1C. The topological polar surface area (TPSA) is 59.1 Å². The number of nitrogens with one attached hydrogen (secondary N) is 1. The van der Waals surface area contributed by atoms with E-state index in [1.54, 1.807) is 0 Å². The molecular formula is C10H16N4. The zero-order valence-corrected chi connectivity index (χ0v) is 8.67. The van der Waals surface area contributed by atoms with Crippen LogP contribution in [-0.2, 0) is 6.42 Å². The molecule has 0 saturated heterocycles. The van der Waals surface area contributed by atoms with Crippen molar-refractivity contribution < 1.29 is 0 Å². The van der Waals surface area contributed by atoms with Gasteiger partial charge in [0.05, 0.1) is 5.69 Å². The quantitative estimate of drug-likeness (QED) is 0.767. The van der Waals surface area contributed by atoms with Crippen molar-refractivity contribution >= 4 is 5.78 Å². The van der Waals surface area contributed by atoms with Crippen LogP contribution >= 0.6 is 0 Å². The average molecular weight is 192 g/mol. The van der Waals surface area contributed by atoms with Crippen LogP contribution in [0.1, 0.15) is 23.5 Å². The van der Waals surface area contributed by atoms with Crippen LogP contribution in [0.5, 0.6) is 0 Å². The maximum atomic E-state index is 5.46. The molecule has 2 heterocycles. The molecule has 0 unspecified atom stereocenters. The van der Waals surface area contributed by atoms with Gasteiger partial charge in [-0.15, -0.1) is 0 Å². The Morgan fingerprint density at radius 3 is 2.93 bits per heavy atom. The molecule has 14 heavy (non-hydrogen) atoms. The van der Waals surface area contributed by atoms with Gasteiger partial charge in [-0.3, -0.25) is 4.40 Å². The van der Waals surface area contributed by atoms with E-state index in [1.165, 1.54) is 11.4 Å². The number of H-pyrrole nitrogens is 1. The summed E-state index contributed by atoms with van der Waals surface area (Å²) >= 11 is 0. The number of nitrogens with two attached hydrogens (primary N) is 1. The zero-order chi connectivity index (χ0) is 10.1. The molecule has 4 heteroatoms. The highest BCUT2D eigenvalue weighted by molar-refractivity contribution is 5.37. The first-order valence-corrected chi connectivity index (χ1v) is 4.95. The number of aromatic amines is 1. The van der Waals surface area contributed by atoms with Gasteiger partial charge in [0.1, 0.15) is 0 Å². The van der Waals surface area contributed by atoms with Crippen molar-refractivity contribution in [2.45, 2.75) is 26.7 Å². The molecule has 0 atom stereocenters. The third-order valence-electron chi connectivity index (χ3n) is 2.59. The summed E-state index contributed by atoms with van der Waals surface area (Å²) in [5.74, 6) is 0.937. The summed E-state index contributed by atoms with van der Waals surface area (Å²) in [7, 11) is 0. The molecule has 0 aliphatic carbocycles. The predicted octanol–water partition coefficient (Wildman–Crippen LogP) is 1.17. The summed E-state index contributed by atoms with van der Waals surface area (Å²) in [6, 6.07) is 0. The maximum absolute atomic E-state index is 5.46. The molecule has 0 amide bonds. The molecule has 0 aromatic carbocycles. The average Bonchev–Trinajstić information content (AvgIpc) is 2.66. The third kappa shape index (κ3) is 1.42. The number of hydrogen-bond donors (Lipinski definition) is 2. The lowest BCUT2D eigenvalue weighted by atomic mass is 10.2. The van der Waals surface area contributed by atoms with Crippen molar-refractivity contribution in [3.8, 4) is 0 Å². The smallest absolute Gasteiger partial charge is 0.211 e. The van der Waals surface area contributed by atoms with E-state index >= 15 is 0 Å². The summed E-state index contributed by atoms with van der Waals surface area (Å²) in [6.45, 7) is 4.84. The van der Waals surface area contributed by atoms with Crippen molar-refractivity contribution in [2.75, 3.05) is 6.54 Å². The van der Waals surface area contributed by atoms with Gasteiger partial charge in [0.25, 0.3) is 0 Å². The van der Waals surface area contributed by atoms with Gasteiger partial charge >= 0.3 is 0 Å². The van der Waals surface area contributed by atoms with E-state index in [4.69, 9.17) is 5.73 Å². The lowest BCUT2D eigenvalue weighted by molar-refractivity contribution is 0.815.